The van der Waals surface area contributed by atoms with Crippen LogP contribution < -0.4 is 5.32 Å². The molecule has 1 heterocycles. The number of likely N-dealkylation sites (tertiary alicyclic amines) is 1. The number of carboxylic acids is 1. The molecule has 1 saturated heterocycles. The molecule has 0 saturated carbocycles. The van der Waals surface area contributed by atoms with Gasteiger partial charge in [-0.2, -0.15) is 0 Å². The molecule has 1 unspecified atom stereocenters. The summed E-state index contributed by atoms with van der Waals surface area (Å²) in [5, 5.41) is 11.3. The average molecular weight is 256 g/mol. The van der Waals surface area contributed by atoms with Crippen molar-refractivity contribution >= 4 is 17.8 Å². The first kappa shape index (κ1) is 14.5. The first-order chi connectivity index (χ1) is 8.49. The van der Waals surface area contributed by atoms with Crippen molar-refractivity contribution in [2.24, 2.45) is 5.92 Å². The van der Waals surface area contributed by atoms with Crippen molar-refractivity contribution in [1.29, 1.82) is 0 Å². The lowest BCUT2D eigenvalue weighted by Gasteiger charge is -2.16. The lowest BCUT2D eigenvalue weighted by molar-refractivity contribution is -0.137. The highest BCUT2D eigenvalue weighted by Gasteiger charge is 2.22. The number of nitrogens with zero attached hydrogens (tertiary/aromatic N) is 1. The highest BCUT2D eigenvalue weighted by atomic mass is 16.4. The van der Waals surface area contributed by atoms with Crippen LogP contribution in [0, 0.1) is 5.92 Å². The van der Waals surface area contributed by atoms with Gasteiger partial charge in [0, 0.05) is 25.9 Å². The van der Waals surface area contributed by atoms with Crippen molar-refractivity contribution in [3.05, 3.63) is 0 Å². The molecule has 6 nitrogen and oxygen atoms in total. The van der Waals surface area contributed by atoms with Crippen LogP contribution in [-0.2, 0) is 14.4 Å². The van der Waals surface area contributed by atoms with Crippen molar-refractivity contribution in [2.45, 2.75) is 32.6 Å². The summed E-state index contributed by atoms with van der Waals surface area (Å²) in [6, 6.07) is 0. The van der Waals surface area contributed by atoms with Crippen LogP contribution in [-0.4, -0.2) is 47.4 Å². The normalized spacial score (nSPS) is 16.7. The first-order valence-electron chi connectivity index (χ1n) is 6.25. The van der Waals surface area contributed by atoms with E-state index < -0.39 is 5.97 Å². The van der Waals surface area contributed by atoms with Gasteiger partial charge in [0.15, 0.2) is 0 Å². The van der Waals surface area contributed by atoms with E-state index in [0.29, 0.717) is 25.9 Å². The van der Waals surface area contributed by atoms with E-state index in [1.54, 1.807) is 4.90 Å². The molecule has 18 heavy (non-hydrogen) atoms. The molecule has 6 heteroatoms. The lowest BCUT2D eigenvalue weighted by Crippen LogP contribution is -2.39. The maximum Gasteiger partial charge on any atom is 0.303 e. The Labute approximate surface area is 106 Å². The van der Waals surface area contributed by atoms with Gasteiger partial charge >= 0.3 is 5.97 Å². The minimum absolute atomic E-state index is 0.0316. The average Bonchev–Trinajstić information content (AvgIpc) is 2.69. The van der Waals surface area contributed by atoms with Gasteiger partial charge in [0.2, 0.25) is 11.8 Å². The SMILES string of the molecule is CC(CCC(=O)O)CNC(=O)CN1CCCC1=O. The third-order valence-corrected chi connectivity index (χ3v) is 3.00. The minimum Gasteiger partial charge on any atom is -0.481 e. The molecule has 0 spiro atoms. The van der Waals surface area contributed by atoms with Gasteiger partial charge in [0.1, 0.15) is 0 Å². The van der Waals surface area contributed by atoms with Crippen molar-refractivity contribution in [1.82, 2.24) is 10.2 Å². The Morgan fingerprint density at radius 1 is 1.50 bits per heavy atom. The van der Waals surface area contributed by atoms with E-state index in [1.807, 2.05) is 6.92 Å². The number of hydrogen-bond donors (Lipinski definition) is 2. The number of rotatable bonds is 7. The summed E-state index contributed by atoms with van der Waals surface area (Å²) in [5.74, 6) is -0.841. The zero-order valence-corrected chi connectivity index (χ0v) is 10.6. The molecule has 102 valence electrons. The van der Waals surface area contributed by atoms with Crippen LogP contribution in [0.1, 0.15) is 32.6 Å². The molecule has 1 atom stereocenters. The lowest BCUT2D eigenvalue weighted by atomic mass is 10.1. The fourth-order valence-electron chi connectivity index (χ4n) is 1.86. The second kappa shape index (κ2) is 6.98. The molecular formula is C12H20N2O4. The summed E-state index contributed by atoms with van der Waals surface area (Å²) in [6.45, 7) is 3.11. The molecule has 0 radical (unpaired) electrons. The third-order valence-electron chi connectivity index (χ3n) is 3.00. The molecule has 0 aromatic heterocycles. The molecule has 2 N–H and O–H groups in total. The maximum absolute atomic E-state index is 11.6. The van der Waals surface area contributed by atoms with Crippen molar-refractivity contribution in [3.63, 3.8) is 0 Å². The van der Waals surface area contributed by atoms with Gasteiger partial charge in [-0.25, -0.2) is 0 Å². The summed E-state index contributed by atoms with van der Waals surface area (Å²) in [6.07, 6.45) is 2.00. The van der Waals surface area contributed by atoms with E-state index in [4.69, 9.17) is 5.11 Å². The number of carbonyl (C=O) groups excluding carboxylic acids is 2. The van der Waals surface area contributed by atoms with Crippen molar-refractivity contribution in [2.75, 3.05) is 19.6 Å². The summed E-state index contributed by atoms with van der Waals surface area (Å²) >= 11 is 0. The molecule has 1 fully saturated rings. The molecule has 0 bridgehead atoms. The van der Waals surface area contributed by atoms with E-state index in [0.717, 1.165) is 6.42 Å². The molecule has 1 aliphatic heterocycles. The Balaban J connectivity index is 2.16. The zero-order chi connectivity index (χ0) is 13.5. The molecule has 0 aliphatic carbocycles. The molecular weight excluding hydrogens is 236 g/mol. The predicted molar refractivity (Wildman–Crippen MR) is 64.9 cm³/mol. The van der Waals surface area contributed by atoms with E-state index in [2.05, 4.69) is 5.32 Å². The predicted octanol–water partition coefficient (Wildman–Crippen LogP) is 0.226. The van der Waals surface area contributed by atoms with Crippen LogP contribution in [0.5, 0.6) is 0 Å². The zero-order valence-electron chi connectivity index (χ0n) is 10.6. The Morgan fingerprint density at radius 2 is 2.22 bits per heavy atom. The Kier molecular flexibility index (Phi) is 5.61. The number of aliphatic carboxylic acids is 1. The topological polar surface area (TPSA) is 86.7 Å². The summed E-state index contributed by atoms with van der Waals surface area (Å²) in [7, 11) is 0. The van der Waals surface area contributed by atoms with Gasteiger partial charge in [-0.05, 0) is 18.8 Å². The van der Waals surface area contributed by atoms with E-state index in [-0.39, 0.29) is 30.7 Å². The number of amides is 2. The van der Waals surface area contributed by atoms with Crippen LogP contribution in [0.25, 0.3) is 0 Å². The van der Waals surface area contributed by atoms with Crippen LogP contribution in [0.2, 0.25) is 0 Å². The van der Waals surface area contributed by atoms with E-state index >= 15 is 0 Å². The van der Waals surface area contributed by atoms with Crippen LogP contribution in [0.4, 0.5) is 0 Å². The van der Waals surface area contributed by atoms with E-state index in [1.165, 1.54) is 0 Å². The molecule has 0 aromatic rings. The van der Waals surface area contributed by atoms with Crippen LogP contribution >= 0.6 is 0 Å². The molecule has 1 aliphatic rings. The molecule has 2 amide bonds. The first-order valence-corrected chi connectivity index (χ1v) is 6.25. The quantitative estimate of drug-likeness (QED) is 0.682. The Morgan fingerprint density at radius 3 is 2.78 bits per heavy atom. The monoisotopic (exact) mass is 256 g/mol. The van der Waals surface area contributed by atoms with Gasteiger partial charge in [-0.1, -0.05) is 6.92 Å². The standard InChI is InChI=1S/C12H20N2O4/c1-9(4-5-12(17)18)7-13-10(15)8-14-6-2-3-11(14)16/h9H,2-8H2,1H3,(H,13,15)(H,17,18). The number of nitrogens with one attached hydrogen (secondary N) is 1. The van der Waals surface area contributed by atoms with Crippen molar-refractivity contribution < 1.29 is 19.5 Å². The fraction of sp³-hybridized carbons (Fsp3) is 0.750. The summed E-state index contributed by atoms with van der Waals surface area (Å²) in [4.78, 5) is 34.8. The highest BCUT2D eigenvalue weighted by Crippen LogP contribution is 2.08. The number of hydrogen-bond acceptors (Lipinski definition) is 3. The summed E-state index contributed by atoms with van der Waals surface area (Å²) in [5.41, 5.74) is 0. The van der Waals surface area contributed by atoms with Gasteiger partial charge in [0.05, 0.1) is 6.54 Å². The second-order valence-electron chi connectivity index (χ2n) is 4.76. The number of carboxylic acid groups (broad SMARTS) is 1. The van der Waals surface area contributed by atoms with Crippen molar-refractivity contribution in [3.8, 4) is 0 Å². The smallest absolute Gasteiger partial charge is 0.303 e. The van der Waals surface area contributed by atoms with Crippen LogP contribution in [0.15, 0.2) is 0 Å². The van der Waals surface area contributed by atoms with Gasteiger partial charge < -0.3 is 15.3 Å². The second-order valence-corrected chi connectivity index (χ2v) is 4.76. The fourth-order valence-corrected chi connectivity index (χ4v) is 1.86. The largest absolute Gasteiger partial charge is 0.481 e. The Hall–Kier alpha value is -1.59. The summed E-state index contributed by atoms with van der Waals surface area (Å²) < 4.78 is 0. The molecule has 0 aromatic carbocycles. The minimum atomic E-state index is -0.823. The van der Waals surface area contributed by atoms with Gasteiger partial charge in [-0.15, -0.1) is 0 Å². The van der Waals surface area contributed by atoms with Crippen LogP contribution in [0.3, 0.4) is 0 Å². The van der Waals surface area contributed by atoms with Gasteiger partial charge in [-0.3, -0.25) is 14.4 Å². The third kappa shape index (κ3) is 5.16. The highest BCUT2D eigenvalue weighted by molar-refractivity contribution is 5.85. The maximum atomic E-state index is 11.6. The van der Waals surface area contributed by atoms with E-state index in [9.17, 15) is 14.4 Å². The molecule has 1 rings (SSSR count). The number of carbonyl (C=O) groups is 3. The Bertz CT molecular complexity index is 330. The van der Waals surface area contributed by atoms with Gasteiger partial charge in [0.25, 0.3) is 0 Å².